The van der Waals surface area contributed by atoms with Gasteiger partial charge in [-0.3, -0.25) is 0 Å². The maximum absolute atomic E-state index is 15.2. The molecule has 0 unspecified atom stereocenters. The van der Waals surface area contributed by atoms with Gasteiger partial charge < -0.3 is 18.9 Å². The molecule has 4 rings (SSSR count). The van der Waals surface area contributed by atoms with E-state index in [0.29, 0.717) is 48.5 Å². The van der Waals surface area contributed by atoms with Crippen LogP contribution in [0.5, 0.6) is 23.0 Å². The predicted molar refractivity (Wildman–Crippen MR) is 176 cm³/mol. The SMILES string of the molecule is FC(F)C(F)(F)C(F)(F)Oc1cccc[c]1[Al-]([c]1ccccc1OC(F)(F)C(F)(F)C(F)F)([c]1ccccc1OC(F)(F)C(F)(F)C(F)F)[c]1ccccc1OC(F)(F)C(F)(F)C(F)F.[Li+]. The van der Waals surface area contributed by atoms with Crippen LogP contribution in [0.1, 0.15) is 0 Å². The Labute approximate surface area is 367 Å². The van der Waals surface area contributed by atoms with Gasteiger partial charge in [0.2, 0.25) is 0 Å². The van der Waals surface area contributed by atoms with Crippen LogP contribution >= 0.6 is 0 Å². The molecule has 4 nitrogen and oxygen atoms in total. The summed E-state index contributed by atoms with van der Waals surface area (Å²) in [5.74, 6) is -34.7. The number of alkyl halides is 24. The van der Waals surface area contributed by atoms with Gasteiger partial charge in [-0.25, -0.2) is 35.1 Å². The fraction of sp³-hybridized carbons (Fsp3) is 0.333. The molecule has 0 atom stereocenters. The first-order valence-corrected chi connectivity index (χ1v) is 19.3. The summed E-state index contributed by atoms with van der Waals surface area (Å²) in [6.07, 6.45) is -47.7. The van der Waals surface area contributed by atoms with E-state index >= 15 is 35.1 Å². The first-order valence-electron chi connectivity index (χ1n) is 17.0. The summed E-state index contributed by atoms with van der Waals surface area (Å²) in [4.78, 5) is 0. The van der Waals surface area contributed by atoms with Gasteiger partial charge in [0, 0.05) is 0 Å². The third-order valence-electron chi connectivity index (χ3n) is 9.14. The third-order valence-corrected chi connectivity index (χ3v) is 14.8. The van der Waals surface area contributed by atoms with Crippen LogP contribution in [-0.4, -0.2) is 86.9 Å². The van der Waals surface area contributed by atoms with Crippen LogP contribution in [0.4, 0.5) is 105 Å². The third kappa shape index (κ3) is 9.90. The van der Waals surface area contributed by atoms with Crippen LogP contribution in [0.3, 0.4) is 0 Å². The molecule has 0 amide bonds. The summed E-state index contributed by atoms with van der Waals surface area (Å²) < 4.78 is 352. The maximum atomic E-state index is 15.2. The van der Waals surface area contributed by atoms with Crippen molar-refractivity contribution in [2.75, 3.05) is 0 Å². The van der Waals surface area contributed by atoms with Crippen molar-refractivity contribution in [2.45, 2.75) is 73.8 Å². The number of halogens is 24. The molecule has 360 valence electrons. The van der Waals surface area contributed by atoms with Gasteiger partial charge in [-0.1, -0.05) is 48.5 Å². The van der Waals surface area contributed by atoms with E-state index < -0.39 is 128 Å². The summed E-state index contributed by atoms with van der Waals surface area (Å²) in [5.41, 5.74) is 0. The van der Waals surface area contributed by atoms with E-state index in [1.165, 1.54) is 0 Å². The summed E-state index contributed by atoms with van der Waals surface area (Å²) >= 11 is -7.30. The number of hydrogen-bond acceptors (Lipinski definition) is 4. The van der Waals surface area contributed by atoms with E-state index in [1.54, 1.807) is 0 Å². The quantitative estimate of drug-likeness (QED) is 0.0678. The summed E-state index contributed by atoms with van der Waals surface area (Å²) in [6.45, 7) is 0. The fourth-order valence-electron chi connectivity index (χ4n) is 6.06. The molecule has 0 saturated carbocycles. The van der Waals surface area contributed by atoms with Gasteiger partial charge in [-0.15, -0.1) is 24.3 Å². The summed E-state index contributed by atoms with van der Waals surface area (Å²) in [6, 6.07) is 4.81. The zero-order valence-electron chi connectivity index (χ0n) is 31.8. The largest absolute Gasteiger partial charge is 1.00 e. The van der Waals surface area contributed by atoms with Gasteiger partial charge in [-0.05, 0) is 24.3 Å². The van der Waals surface area contributed by atoms with Gasteiger partial charge in [0.05, 0.1) is 23.0 Å². The molecule has 30 heteroatoms. The van der Waals surface area contributed by atoms with Crippen LogP contribution in [0, 0.1) is 0 Å². The Morgan fingerprint density at radius 3 is 0.591 bits per heavy atom. The molecule has 0 fully saturated rings. The molecule has 0 spiro atoms. The van der Waals surface area contributed by atoms with Crippen LogP contribution < -0.4 is 55.5 Å². The van der Waals surface area contributed by atoms with Crippen molar-refractivity contribution in [1.29, 1.82) is 0 Å². The minimum Gasteiger partial charge on any atom is -0.432 e. The molecule has 0 bridgehead atoms. The van der Waals surface area contributed by atoms with Crippen molar-refractivity contribution in [2.24, 2.45) is 0 Å². The van der Waals surface area contributed by atoms with Crippen LogP contribution in [0.15, 0.2) is 97.1 Å². The van der Waals surface area contributed by atoms with E-state index in [4.69, 9.17) is 0 Å². The van der Waals surface area contributed by atoms with Crippen molar-refractivity contribution in [3.63, 3.8) is 0 Å². The first kappa shape index (κ1) is 55.9. The predicted octanol–water partition coefficient (Wildman–Crippen LogP) is 7.56. The van der Waals surface area contributed by atoms with Crippen LogP contribution in [0.2, 0.25) is 0 Å². The molecule has 0 heterocycles. The standard InChI is InChI=1S/4C9H5F6O.Al.Li/c4*10-7(11)8(12,13)9(14,15)16-6-4-2-1-3-5-6;;/h4*1-4,7H;;/q;;;;-1;+1. The summed E-state index contributed by atoms with van der Waals surface area (Å²) in [5, 5.41) is 0. The smallest absolute Gasteiger partial charge is 0.432 e. The van der Waals surface area contributed by atoms with Crippen molar-refractivity contribution < 1.29 is 143 Å². The molecule has 0 aliphatic heterocycles. The fourth-order valence-corrected chi connectivity index (χ4v) is 12.0. The number of para-hydroxylation sites is 4. The van der Waals surface area contributed by atoms with Gasteiger partial charge in [0.1, 0.15) is 0 Å². The van der Waals surface area contributed by atoms with Gasteiger partial charge in [-0.2, -0.15) is 87.9 Å². The van der Waals surface area contributed by atoms with Crippen molar-refractivity contribution in [1.82, 2.24) is 0 Å². The van der Waals surface area contributed by atoms with E-state index in [9.17, 15) is 70.2 Å². The number of hydrogen-bond donors (Lipinski definition) is 0. The molecular formula is C36H20AlF24LiO4. The van der Waals surface area contributed by atoms with E-state index in [1.807, 2.05) is 0 Å². The van der Waals surface area contributed by atoms with Crippen molar-refractivity contribution in [3.05, 3.63) is 97.1 Å². The number of rotatable bonds is 20. The Hall–Kier alpha value is -4.47. The molecule has 4 aromatic carbocycles. The normalized spacial score (nSPS) is 13.9. The Morgan fingerprint density at radius 1 is 0.288 bits per heavy atom. The van der Waals surface area contributed by atoms with Crippen LogP contribution in [0.25, 0.3) is 0 Å². The van der Waals surface area contributed by atoms with Gasteiger partial charge >= 0.3 is 92.7 Å². The first-order chi connectivity index (χ1) is 29.6. The van der Waals surface area contributed by atoms with Crippen LogP contribution in [-0.2, 0) is 0 Å². The maximum Gasteiger partial charge on any atom is 1.00 e. The van der Waals surface area contributed by atoms with Gasteiger partial charge in [0.25, 0.3) is 13.1 Å². The Balaban J connectivity index is 0.0000116. The van der Waals surface area contributed by atoms with Gasteiger partial charge in [0.15, 0.2) is 0 Å². The average Bonchev–Trinajstić information content (AvgIpc) is 3.19. The van der Waals surface area contributed by atoms with Crippen molar-refractivity contribution >= 4 is 30.8 Å². The molecule has 0 aliphatic rings. The molecule has 66 heavy (non-hydrogen) atoms. The zero-order valence-corrected chi connectivity index (χ0v) is 33.0. The topological polar surface area (TPSA) is 36.9 Å². The number of benzene rings is 4. The van der Waals surface area contributed by atoms with E-state index in [2.05, 4.69) is 18.9 Å². The van der Waals surface area contributed by atoms with E-state index in [0.717, 1.165) is 0 Å². The molecule has 0 aromatic heterocycles. The second-order valence-electron chi connectivity index (χ2n) is 13.2. The second-order valence-corrected chi connectivity index (χ2v) is 17.4. The molecule has 4 aromatic rings. The molecular weight excluding hydrogens is 986 g/mol. The Bertz CT molecular complexity index is 1960. The average molecular weight is 1010 g/mol. The molecule has 0 aliphatic carbocycles. The zero-order chi connectivity index (χ0) is 49.6. The second kappa shape index (κ2) is 19.3. The molecule has 0 N–H and O–H groups in total. The number of ether oxygens (including phenoxy) is 4. The Morgan fingerprint density at radius 2 is 0.439 bits per heavy atom. The summed E-state index contributed by atoms with van der Waals surface area (Å²) in [7, 11) is 0. The molecule has 0 saturated heterocycles. The van der Waals surface area contributed by atoms with Crippen molar-refractivity contribution in [3.8, 4) is 23.0 Å². The molecule has 0 radical (unpaired) electrons. The monoisotopic (exact) mass is 1010 g/mol. The van der Waals surface area contributed by atoms with E-state index in [-0.39, 0.29) is 67.4 Å². The minimum atomic E-state index is -7.30. The minimum absolute atomic E-state index is 0. The Kier molecular flexibility index (Phi) is 16.3.